The number of nitrogens with zero attached hydrogens (tertiary/aromatic N) is 3. The molecule has 0 aliphatic heterocycles. The Morgan fingerprint density at radius 1 is 1.19 bits per heavy atom. The average molecular weight is 278 g/mol. The molecule has 2 rings (SSSR count). The van der Waals surface area contributed by atoms with Gasteiger partial charge in [-0.2, -0.15) is 0 Å². The first kappa shape index (κ1) is 11.1. The van der Waals surface area contributed by atoms with E-state index in [4.69, 9.17) is 0 Å². The third-order valence-electron chi connectivity index (χ3n) is 2.26. The molecule has 0 aromatic carbocycles. The molecule has 3 nitrogen and oxygen atoms in total. The minimum atomic E-state index is 0.825. The number of anilines is 1. The Bertz CT molecular complexity index is 459. The van der Waals surface area contributed by atoms with Crippen LogP contribution in [0, 0.1) is 0 Å². The summed E-state index contributed by atoms with van der Waals surface area (Å²) in [5, 5.41) is 0. The Hall–Kier alpha value is -1.42. The lowest BCUT2D eigenvalue weighted by atomic mass is 10.2. The second-order valence-electron chi connectivity index (χ2n) is 3.53. The highest BCUT2D eigenvalue weighted by Crippen LogP contribution is 2.15. The van der Waals surface area contributed by atoms with Crippen LogP contribution in [0.2, 0.25) is 0 Å². The van der Waals surface area contributed by atoms with Gasteiger partial charge in [0, 0.05) is 26.0 Å². The van der Waals surface area contributed by atoms with E-state index in [1.54, 1.807) is 12.4 Å². The summed E-state index contributed by atoms with van der Waals surface area (Å²) >= 11 is 3.37. The lowest BCUT2D eigenvalue weighted by molar-refractivity contribution is 0.892. The lowest BCUT2D eigenvalue weighted by Gasteiger charge is -2.18. The van der Waals surface area contributed by atoms with Gasteiger partial charge in [0.1, 0.15) is 10.4 Å². The molecular weight excluding hydrogens is 266 g/mol. The number of hydrogen-bond acceptors (Lipinski definition) is 3. The standard InChI is InChI=1S/C12H12BrN3/c1-16(9-10-5-7-14-8-6-10)12-4-2-3-11(13)15-12/h2-8H,9H2,1H3. The van der Waals surface area contributed by atoms with Gasteiger partial charge in [-0.1, -0.05) is 6.07 Å². The fraction of sp³-hybridized carbons (Fsp3) is 0.167. The summed E-state index contributed by atoms with van der Waals surface area (Å²) in [4.78, 5) is 10.5. The van der Waals surface area contributed by atoms with Gasteiger partial charge < -0.3 is 4.90 Å². The van der Waals surface area contributed by atoms with Crippen molar-refractivity contribution in [3.05, 3.63) is 52.9 Å². The molecule has 0 aliphatic carbocycles. The van der Waals surface area contributed by atoms with Gasteiger partial charge in [-0.25, -0.2) is 4.98 Å². The summed E-state index contributed by atoms with van der Waals surface area (Å²) in [5.41, 5.74) is 1.22. The van der Waals surface area contributed by atoms with Crippen LogP contribution in [0.15, 0.2) is 47.3 Å². The zero-order valence-electron chi connectivity index (χ0n) is 8.97. The van der Waals surface area contributed by atoms with Crippen molar-refractivity contribution in [2.45, 2.75) is 6.54 Å². The van der Waals surface area contributed by atoms with Crippen LogP contribution in [-0.2, 0) is 6.54 Å². The molecule has 16 heavy (non-hydrogen) atoms. The Labute approximate surface area is 103 Å². The van der Waals surface area contributed by atoms with Crippen molar-refractivity contribution in [2.24, 2.45) is 0 Å². The van der Waals surface area contributed by atoms with Crippen LogP contribution in [-0.4, -0.2) is 17.0 Å². The van der Waals surface area contributed by atoms with E-state index in [1.807, 2.05) is 37.4 Å². The molecule has 0 bridgehead atoms. The number of rotatable bonds is 3. The van der Waals surface area contributed by atoms with E-state index >= 15 is 0 Å². The third-order valence-corrected chi connectivity index (χ3v) is 2.70. The zero-order chi connectivity index (χ0) is 11.4. The van der Waals surface area contributed by atoms with E-state index < -0.39 is 0 Å². The van der Waals surface area contributed by atoms with Gasteiger partial charge >= 0.3 is 0 Å². The van der Waals surface area contributed by atoms with Crippen LogP contribution < -0.4 is 4.90 Å². The molecule has 0 spiro atoms. The van der Waals surface area contributed by atoms with Crippen molar-refractivity contribution in [3.63, 3.8) is 0 Å². The number of pyridine rings is 2. The molecule has 4 heteroatoms. The van der Waals surface area contributed by atoms with E-state index in [0.717, 1.165) is 17.0 Å². The second kappa shape index (κ2) is 5.07. The maximum atomic E-state index is 4.40. The van der Waals surface area contributed by atoms with Crippen LogP contribution in [0.5, 0.6) is 0 Å². The maximum Gasteiger partial charge on any atom is 0.129 e. The summed E-state index contributed by atoms with van der Waals surface area (Å²) in [6.07, 6.45) is 3.61. The second-order valence-corrected chi connectivity index (χ2v) is 4.34. The predicted molar refractivity (Wildman–Crippen MR) is 68.3 cm³/mol. The van der Waals surface area contributed by atoms with Crippen LogP contribution in [0.3, 0.4) is 0 Å². The fourth-order valence-corrected chi connectivity index (χ4v) is 1.79. The van der Waals surface area contributed by atoms with Crippen LogP contribution in [0.25, 0.3) is 0 Å². The van der Waals surface area contributed by atoms with Crippen molar-refractivity contribution in [1.29, 1.82) is 0 Å². The topological polar surface area (TPSA) is 29.0 Å². The summed E-state index contributed by atoms with van der Waals surface area (Å²) in [6, 6.07) is 9.91. The highest BCUT2D eigenvalue weighted by Gasteiger charge is 2.03. The first-order valence-electron chi connectivity index (χ1n) is 4.98. The van der Waals surface area contributed by atoms with Gasteiger partial charge in [-0.3, -0.25) is 4.98 Å². The molecule has 0 unspecified atom stereocenters. The quantitative estimate of drug-likeness (QED) is 0.808. The highest BCUT2D eigenvalue weighted by molar-refractivity contribution is 9.10. The third kappa shape index (κ3) is 2.79. The summed E-state index contributed by atoms with van der Waals surface area (Å²) < 4.78 is 0.853. The molecule has 0 N–H and O–H groups in total. The molecule has 0 saturated heterocycles. The fourth-order valence-electron chi connectivity index (χ4n) is 1.45. The molecule has 0 fully saturated rings. The van der Waals surface area contributed by atoms with Crippen LogP contribution >= 0.6 is 15.9 Å². The lowest BCUT2D eigenvalue weighted by Crippen LogP contribution is -2.17. The van der Waals surface area contributed by atoms with Gasteiger partial charge in [0.05, 0.1) is 0 Å². The smallest absolute Gasteiger partial charge is 0.129 e. The van der Waals surface area contributed by atoms with E-state index in [0.29, 0.717) is 0 Å². The average Bonchev–Trinajstić information content (AvgIpc) is 2.30. The molecule has 0 amide bonds. The SMILES string of the molecule is CN(Cc1ccncc1)c1cccc(Br)n1. The monoisotopic (exact) mass is 277 g/mol. The maximum absolute atomic E-state index is 4.40. The van der Waals surface area contributed by atoms with E-state index in [9.17, 15) is 0 Å². The van der Waals surface area contributed by atoms with Crippen molar-refractivity contribution < 1.29 is 0 Å². The first-order valence-corrected chi connectivity index (χ1v) is 5.77. The summed E-state index contributed by atoms with van der Waals surface area (Å²) in [5.74, 6) is 0.950. The molecule has 2 aromatic heterocycles. The van der Waals surface area contributed by atoms with Gasteiger partial charge in [0.2, 0.25) is 0 Å². The van der Waals surface area contributed by atoms with Gasteiger partial charge in [0.15, 0.2) is 0 Å². The Morgan fingerprint density at radius 2 is 1.94 bits per heavy atom. The minimum Gasteiger partial charge on any atom is -0.355 e. The van der Waals surface area contributed by atoms with E-state index in [2.05, 4.69) is 30.8 Å². The van der Waals surface area contributed by atoms with Crippen molar-refractivity contribution in [3.8, 4) is 0 Å². The largest absolute Gasteiger partial charge is 0.355 e. The molecule has 82 valence electrons. The zero-order valence-corrected chi connectivity index (χ0v) is 10.6. The van der Waals surface area contributed by atoms with E-state index in [1.165, 1.54) is 5.56 Å². The first-order chi connectivity index (χ1) is 7.75. The van der Waals surface area contributed by atoms with Crippen molar-refractivity contribution in [2.75, 3.05) is 11.9 Å². The van der Waals surface area contributed by atoms with Gasteiger partial charge in [-0.05, 0) is 45.8 Å². The Kier molecular flexibility index (Phi) is 3.51. The molecule has 0 aliphatic rings. The summed E-state index contributed by atoms with van der Waals surface area (Å²) in [6.45, 7) is 0.825. The van der Waals surface area contributed by atoms with Gasteiger partial charge in [-0.15, -0.1) is 0 Å². The Balaban J connectivity index is 2.12. The molecule has 2 heterocycles. The predicted octanol–water partition coefficient (Wildman–Crippen LogP) is 2.88. The molecule has 0 saturated carbocycles. The van der Waals surface area contributed by atoms with Crippen LogP contribution in [0.4, 0.5) is 5.82 Å². The molecule has 2 aromatic rings. The Morgan fingerprint density at radius 3 is 2.62 bits per heavy atom. The number of hydrogen-bond donors (Lipinski definition) is 0. The summed E-state index contributed by atoms with van der Waals surface area (Å²) in [7, 11) is 2.02. The van der Waals surface area contributed by atoms with Gasteiger partial charge in [0.25, 0.3) is 0 Å². The normalized spacial score (nSPS) is 10.1. The van der Waals surface area contributed by atoms with Crippen LogP contribution in [0.1, 0.15) is 5.56 Å². The molecular formula is C12H12BrN3. The highest BCUT2D eigenvalue weighted by atomic mass is 79.9. The molecule has 0 atom stereocenters. The number of halogens is 1. The van der Waals surface area contributed by atoms with E-state index in [-0.39, 0.29) is 0 Å². The van der Waals surface area contributed by atoms with Crippen molar-refractivity contribution in [1.82, 2.24) is 9.97 Å². The molecule has 0 radical (unpaired) electrons. The number of aromatic nitrogens is 2. The van der Waals surface area contributed by atoms with Crippen molar-refractivity contribution >= 4 is 21.7 Å². The minimum absolute atomic E-state index is 0.825.